The predicted molar refractivity (Wildman–Crippen MR) is 179 cm³/mol. The highest BCUT2D eigenvalue weighted by molar-refractivity contribution is 6.31. The Morgan fingerprint density at radius 2 is 1.63 bits per heavy atom. The van der Waals surface area contributed by atoms with Crippen molar-refractivity contribution in [1.29, 1.82) is 0 Å². The molecule has 12 heteroatoms. The Hall–Kier alpha value is -5.03. The minimum Gasteiger partial charge on any atom is -0.494 e. The molecule has 0 saturated heterocycles. The molecule has 3 aromatic carbocycles. The highest BCUT2D eigenvalue weighted by Crippen LogP contribution is 2.30. The number of amides is 1. The number of nitrogens with zero attached hydrogens (tertiary/aromatic N) is 2. The molecule has 46 heavy (non-hydrogen) atoms. The summed E-state index contributed by atoms with van der Waals surface area (Å²) in [6.45, 7) is 8.87. The molecule has 1 aromatic heterocycles. The molecule has 1 heterocycles. The molecule has 3 N–H and O–H groups in total. The largest absolute Gasteiger partial charge is 0.494 e. The van der Waals surface area contributed by atoms with Gasteiger partial charge in [-0.05, 0) is 101 Å². The van der Waals surface area contributed by atoms with Crippen LogP contribution in [0.4, 0.5) is 27.8 Å². The fourth-order valence-corrected chi connectivity index (χ4v) is 4.14. The summed E-state index contributed by atoms with van der Waals surface area (Å²) in [7, 11) is 0. The van der Waals surface area contributed by atoms with Gasteiger partial charge in [0.15, 0.2) is 0 Å². The molecule has 242 valence electrons. The number of anilines is 4. The molecule has 0 fully saturated rings. The first-order chi connectivity index (χ1) is 22.1. The van der Waals surface area contributed by atoms with Crippen molar-refractivity contribution in [3.8, 4) is 17.4 Å². The van der Waals surface area contributed by atoms with Crippen molar-refractivity contribution in [1.82, 2.24) is 9.97 Å². The van der Waals surface area contributed by atoms with Crippen LogP contribution in [0.1, 0.15) is 50.9 Å². The number of esters is 1. The third-order valence-corrected chi connectivity index (χ3v) is 6.34. The summed E-state index contributed by atoms with van der Waals surface area (Å²) < 4.78 is 22.1. The quantitative estimate of drug-likeness (QED) is 0.0904. The lowest BCUT2D eigenvalue weighted by molar-refractivity contribution is 0.0525. The van der Waals surface area contributed by atoms with Gasteiger partial charge in [-0.3, -0.25) is 5.32 Å². The van der Waals surface area contributed by atoms with Crippen molar-refractivity contribution >= 4 is 46.7 Å². The topological polar surface area (TPSA) is 133 Å². The normalized spacial score (nSPS) is 10.9. The fraction of sp³-hybridized carbons (Fsp3) is 0.294. The highest BCUT2D eigenvalue weighted by atomic mass is 35.5. The van der Waals surface area contributed by atoms with E-state index < -0.39 is 11.7 Å². The van der Waals surface area contributed by atoms with Gasteiger partial charge in [0, 0.05) is 29.7 Å². The van der Waals surface area contributed by atoms with E-state index in [0.717, 1.165) is 36.5 Å². The minimum absolute atomic E-state index is 0.150. The van der Waals surface area contributed by atoms with E-state index in [2.05, 4.69) is 25.9 Å². The second-order valence-corrected chi connectivity index (χ2v) is 11.4. The molecule has 0 spiro atoms. The number of hydrogen-bond acceptors (Lipinski definition) is 10. The lowest BCUT2D eigenvalue weighted by Crippen LogP contribution is -2.27. The zero-order valence-corrected chi connectivity index (χ0v) is 27.0. The number of ether oxygens (including phenoxy) is 4. The van der Waals surface area contributed by atoms with Gasteiger partial charge in [-0.15, -0.1) is 0 Å². The maximum atomic E-state index is 12.1. The third kappa shape index (κ3) is 11.2. The number of carbonyl (C=O) groups is 2. The lowest BCUT2D eigenvalue weighted by Gasteiger charge is -2.19. The molecule has 0 radical (unpaired) electrons. The number of unbranched alkanes of at least 4 members (excludes halogenated alkanes) is 1. The molecule has 11 nitrogen and oxygen atoms in total. The average molecular weight is 648 g/mol. The molecule has 4 aromatic rings. The summed E-state index contributed by atoms with van der Waals surface area (Å²) in [6.07, 6.45) is 2.66. The number of carbonyl (C=O) groups excluding carboxylic acids is 2. The van der Waals surface area contributed by atoms with E-state index in [0.29, 0.717) is 36.2 Å². The summed E-state index contributed by atoms with van der Waals surface area (Å²) in [5.41, 5.74) is 2.11. The first kappa shape index (κ1) is 33.9. The fourth-order valence-electron chi connectivity index (χ4n) is 4.01. The van der Waals surface area contributed by atoms with Crippen LogP contribution in [0.2, 0.25) is 5.02 Å². The molecule has 0 bridgehead atoms. The number of halogens is 1. The van der Waals surface area contributed by atoms with Crippen LogP contribution in [-0.4, -0.2) is 47.4 Å². The summed E-state index contributed by atoms with van der Waals surface area (Å²) >= 11 is 6.30. The number of aromatic nitrogens is 2. The van der Waals surface area contributed by atoms with Crippen LogP contribution in [0.25, 0.3) is 0 Å². The van der Waals surface area contributed by atoms with Crippen LogP contribution >= 0.6 is 11.6 Å². The van der Waals surface area contributed by atoms with Gasteiger partial charge in [0.25, 0.3) is 0 Å². The number of rotatable bonds is 14. The molecule has 0 atom stereocenters. The summed E-state index contributed by atoms with van der Waals surface area (Å²) in [5.74, 6) is 1.29. The molecule has 1 amide bonds. The number of hydrogen-bond donors (Lipinski definition) is 3. The van der Waals surface area contributed by atoms with E-state index >= 15 is 0 Å². The van der Waals surface area contributed by atoms with Crippen LogP contribution in [0.15, 0.2) is 79.0 Å². The number of benzene rings is 3. The van der Waals surface area contributed by atoms with Gasteiger partial charge >= 0.3 is 12.1 Å². The molecule has 0 saturated carbocycles. The smallest absolute Gasteiger partial charge is 0.412 e. The molecule has 0 unspecified atom stereocenters. The molecule has 0 aliphatic rings. The highest BCUT2D eigenvalue weighted by Gasteiger charge is 2.17. The van der Waals surface area contributed by atoms with E-state index in [1.165, 1.54) is 6.20 Å². The first-order valence-corrected chi connectivity index (χ1v) is 15.3. The maximum absolute atomic E-state index is 12.1. The summed E-state index contributed by atoms with van der Waals surface area (Å²) in [5, 5.41) is 9.38. The van der Waals surface area contributed by atoms with Crippen molar-refractivity contribution in [3.63, 3.8) is 0 Å². The van der Waals surface area contributed by atoms with Crippen molar-refractivity contribution < 1.29 is 28.5 Å². The second kappa shape index (κ2) is 16.3. The Labute approximate surface area is 273 Å². The average Bonchev–Trinajstić information content (AvgIpc) is 3.01. The Kier molecular flexibility index (Phi) is 12.0. The lowest BCUT2D eigenvalue weighted by atomic mass is 10.2. The first-order valence-electron chi connectivity index (χ1n) is 14.9. The SMILES string of the molecule is CCOC(=O)c1ccc(NCCCCOc2ccc(Nc3ncc(Cl)c(Oc4cccc(NC(=O)OC(C)(C)C)c4)n3)cc2)cc1. The van der Waals surface area contributed by atoms with Crippen molar-refractivity contribution in [2.75, 3.05) is 35.7 Å². The van der Waals surface area contributed by atoms with Gasteiger partial charge in [-0.1, -0.05) is 17.7 Å². The van der Waals surface area contributed by atoms with Crippen LogP contribution < -0.4 is 25.4 Å². The van der Waals surface area contributed by atoms with Gasteiger partial charge in [0.1, 0.15) is 22.1 Å². The molecular weight excluding hydrogens is 610 g/mol. The summed E-state index contributed by atoms with van der Waals surface area (Å²) in [4.78, 5) is 32.5. The second-order valence-electron chi connectivity index (χ2n) is 11.0. The molecule has 4 rings (SSSR count). The predicted octanol–water partition coefficient (Wildman–Crippen LogP) is 8.46. The van der Waals surface area contributed by atoms with E-state index in [1.54, 1.807) is 64.1 Å². The van der Waals surface area contributed by atoms with Gasteiger partial charge in [-0.2, -0.15) is 4.98 Å². The van der Waals surface area contributed by atoms with Crippen LogP contribution in [0, 0.1) is 0 Å². The van der Waals surface area contributed by atoms with Gasteiger partial charge in [0.05, 0.1) is 25.0 Å². The molecule has 0 aliphatic carbocycles. The van der Waals surface area contributed by atoms with Crippen molar-refractivity contribution in [2.24, 2.45) is 0 Å². The zero-order chi connectivity index (χ0) is 32.9. The Morgan fingerprint density at radius 1 is 0.891 bits per heavy atom. The van der Waals surface area contributed by atoms with E-state index in [1.807, 2.05) is 36.4 Å². The molecular formula is C34H38ClN5O6. The van der Waals surface area contributed by atoms with Gasteiger partial charge in [-0.25, -0.2) is 14.6 Å². The monoisotopic (exact) mass is 647 g/mol. The third-order valence-electron chi connectivity index (χ3n) is 6.08. The Morgan fingerprint density at radius 3 is 2.35 bits per heavy atom. The van der Waals surface area contributed by atoms with Crippen LogP contribution in [-0.2, 0) is 9.47 Å². The summed E-state index contributed by atoms with van der Waals surface area (Å²) in [6, 6.07) is 21.5. The van der Waals surface area contributed by atoms with Crippen LogP contribution in [0.3, 0.4) is 0 Å². The standard InChI is InChI=1S/C34H38ClN5O6/c1-5-43-31(41)23-11-13-24(14-12-23)36-19-6-7-20-44-27-17-15-25(16-18-27)38-32-37-22-29(35)30(40-32)45-28-10-8-9-26(21-28)39-33(42)46-34(2,3)4/h8-18,21-22,36H,5-7,19-20H2,1-4H3,(H,39,42)(H,37,38,40). The zero-order valence-electron chi connectivity index (χ0n) is 26.3. The minimum atomic E-state index is -0.618. The van der Waals surface area contributed by atoms with Crippen molar-refractivity contribution in [3.05, 3.63) is 89.6 Å². The van der Waals surface area contributed by atoms with Crippen molar-refractivity contribution in [2.45, 2.75) is 46.1 Å². The molecule has 0 aliphatic heterocycles. The number of nitrogens with one attached hydrogen (secondary N) is 3. The van der Waals surface area contributed by atoms with Crippen LogP contribution in [0.5, 0.6) is 17.4 Å². The van der Waals surface area contributed by atoms with Gasteiger partial charge in [0.2, 0.25) is 11.8 Å². The Bertz CT molecular complexity index is 1590. The van der Waals surface area contributed by atoms with E-state index in [9.17, 15) is 9.59 Å². The van der Waals surface area contributed by atoms with E-state index in [-0.39, 0.29) is 16.9 Å². The Balaban J connectivity index is 1.21. The maximum Gasteiger partial charge on any atom is 0.412 e. The van der Waals surface area contributed by atoms with E-state index in [4.69, 9.17) is 30.5 Å². The van der Waals surface area contributed by atoms with Gasteiger partial charge < -0.3 is 29.6 Å².